The molecule has 1 saturated heterocycles. The molecule has 7 heteroatoms. The van der Waals surface area contributed by atoms with Gasteiger partial charge in [0.05, 0.1) is 11.1 Å². The highest BCUT2D eigenvalue weighted by molar-refractivity contribution is 9.10. The summed E-state index contributed by atoms with van der Waals surface area (Å²) in [5.74, 6) is -1.23. The maximum Gasteiger partial charge on any atom is 0.335 e. The molecule has 0 radical (unpaired) electrons. The highest BCUT2D eigenvalue weighted by atomic mass is 79.9. The number of carboxylic acids is 1. The molecule has 0 aromatic heterocycles. The lowest BCUT2D eigenvalue weighted by molar-refractivity contribution is -0.174. The molecule has 2 aliphatic rings. The monoisotopic (exact) mass is 373 g/mol. The Morgan fingerprint density at radius 2 is 2.14 bits per heavy atom. The van der Waals surface area contributed by atoms with Crippen molar-refractivity contribution in [2.45, 2.75) is 31.0 Å². The van der Waals surface area contributed by atoms with Crippen LogP contribution in [0.3, 0.4) is 0 Å². The van der Waals surface area contributed by atoms with Gasteiger partial charge in [0.1, 0.15) is 6.61 Å². The number of morpholine rings is 1. The van der Waals surface area contributed by atoms with Gasteiger partial charge in [-0.15, -0.1) is 0 Å². The van der Waals surface area contributed by atoms with Crippen molar-refractivity contribution >= 4 is 39.4 Å². The Balaban J connectivity index is 2.03. The second-order valence-electron chi connectivity index (χ2n) is 5.22. The molecule has 2 fully saturated rings. The van der Waals surface area contributed by atoms with E-state index in [4.69, 9.17) is 16.3 Å². The Kier molecular flexibility index (Phi) is 3.94. The number of rotatable bonds is 3. The third-order valence-electron chi connectivity index (χ3n) is 3.73. The molecule has 0 bridgehead atoms. The highest BCUT2D eigenvalue weighted by Crippen LogP contribution is 2.40. The fourth-order valence-electron chi connectivity index (χ4n) is 2.65. The summed E-state index contributed by atoms with van der Waals surface area (Å²) in [4.78, 5) is 25.3. The van der Waals surface area contributed by atoms with E-state index in [0.29, 0.717) is 15.1 Å². The van der Waals surface area contributed by atoms with Gasteiger partial charge in [0.2, 0.25) is 5.91 Å². The van der Waals surface area contributed by atoms with E-state index in [9.17, 15) is 14.7 Å². The molecule has 1 saturated carbocycles. The molecule has 5 nitrogen and oxygen atoms in total. The quantitative estimate of drug-likeness (QED) is 0.883. The number of carboxylic acid groups (broad SMARTS) is 1. The molecular weight excluding hydrogens is 362 g/mol. The molecule has 112 valence electrons. The van der Waals surface area contributed by atoms with E-state index in [1.54, 1.807) is 23.1 Å². The van der Waals surface area contributed by atoms with Gasteiger partial charge in [-0.05, 0) is 46.5 Å². The van der Waals surface area contributed by atoms with Crippen LogP contribution in [-0.2, 0) is 14.3 Å². The lowest BCUT2D eigenvalue weighted by atomic mass is 9.97. The molecule has 1 aliphatic heterocycles. The van der Waals surface area contributed by atoms with E-state index in [1.165, 1.54) is 0 Å². The largest absolute Gasteiger partial charge is 0.479 e. The van der Waals surface area contributed by atoms with E-state index in [2.05, 4.69) is 15.9 Å². The summed E-state index contributed by atoms with van der Waals surface area (Å²) in [6, 6.07) is 4.67. The average Bonchev–Trinajstić information content (AvgIpc) is 3.25. The predicted molar refractivity (Wildman–Crippen MR) is 79.1 cm³/mol. The van der Waals surface area contributed by atoms with E-state index in [0.717, 1.165) is 12.8 Å². The van der Waals surface area contributed by atoms with Gasteiger partial charge in [-0.3, -0.25) is 4.79 Å². The van der Waals surface area contributed by atoms with E-state index < -0.39 is 18.1 Å². The number of nitrogens with zero attached hydrogens (tertiary/aromatic N) is 1. The zero-order valence-electron chi connectivity index (χ0n) is 11.0. The number of aliphatic carboxylic acids is 1. The molecule has 1 N–H and O–H groups in total. The van der Waals surface area contributed by atoms with Crippen molar-refractivity contribution in [1.82, 2.24) is 4.90 Å². The maximum atomic E-state index is 12.1. The predicted octanol–water partition coefficient (Wildman–Crippen LogP) is 2.62. The first kappa shape index (κ1) is 14.8. The number of amides is 1. The van der Waals surface area contributed by atoms with Crippen LogP contribution in [-0.4, -0.2) is 40.6 Å². The summed E-state index contributed by atoms with van der Waals surface area (Å²) in [6.45, 7) is -0.182. The highest BCUT2D eigenvalue weighted by Gasteiger charge is 2.47. The minimum atomic E-state index is -1.07. The Morgan fingerprint density at radius 3 is 2.71 bits per heavy atom. The van der Waals surface area contributed by atoms with Crippen molar-refractivity contribution in [2.75, 3.05) is 6.61 Å². The summed E-state index contributed by atoms with van der Waals surface area (Å²) < 4.78 is 5.92. The second kappa shape index (κ2) is 5.59. The van der Waals surface area contributed by atoms with Crippen molar-refractivity contribution in [3.8, 4) is 0 Å². The summed E-state index contributed by atoms with van der Waals surface area (Å²) in [7, 11) is 0. The van der Waals surface area contributed by atoms with Crippen molar-refractivity contribution in [3.05, 3.63) is 33.3 Å². The van der Waals surface area contributed by atoms with Gasteiger partial charge in [-0.2, -0.15) is 0 Å². The minimum Gasteiger partial charge on any atom is -0.479 e. The van der Waals surface area contributed by atoms with Crippen LogP contribution in [0.2, 0.25) is 5.02 Å². The Bertz CT molecular complexity index is 605. The van der Waals surface area contributed by atoms with Gasteiger partial charge in [0, 0.05) is 10.5 Å². The second-order valence-corrected chi connectivity index (χ2v) is 6.48. The van der Waals surface area contributed by atoms with Crippen LogP contribution in [0.4, 0.5) is 0 Å². The van der Waals surface area contributed by atoms with E-state index >= 15 is 0 Å². The summed E-state index contributed by atoms with van der Waals surface area (Å²) >= 11 is 9.32. The molecule has 3 rings (SSSR count). The first-order valence-corrected chi connectivity index (χ1v) is 7.76. The Morgan fingerprint density at radius 1 is 1.43 bits per heavy atom. The molecule has 2 atom stereocenters. The number of carbonyl (C=O) groups excluding carboxylic acids is 1. The van der Waals surface area contributed by atoms with Crippen molar-refractivity contribution in [3.63, 3.8) is 0 Å². The van der Waals surface area contributed by atoms with Gasteiger partial charge in [-0.25, -0.2) is 4.79 Å². The van der Waals surface area contributed by atoms with Gasteiger partial charge >= 0.3 is 5.97 Å². The fourth-order valence-corrected chi connectivity index (χ4v) is 3.16. The summed E-state index contributed by atoms with van der Waals surface area (Å²) in [6.07, 6.45) is 0.753. The lowest BCUT2D eigenvalue weighted by Crippen LogP contribution is -2.52. The van der Waals surface area contributed by atoms with Gasteiger partial charge in [-0.1, -0.05) is 17.7 Å². The molecule has 1 heterocycles. The number of ether oxygens (including phenoxy) is 1. The molecule has 1 aliphatic carbocycles. The number of benzene rings is 1. The third-order valence-corrected chi connectivity index (χ3v) is 4.94. The molecular formula is C14H13BrClNO4. The normalized spacial score (nSPS) is 26.0. The zero-order valence-corrected chi connectivity index (χ0v) is 13.3. The minimum absolute atomic E-state index is 0.114. The summed E-state index contributed by atoms with van der Waals surface area (Å²) in [5.41, 5.74) is 0.707. The molecule has 1 amide bonds. The summed E-state index contributed by atoms with van der Waals surface area (Å²) in [5, 5.41) is 9.93. The maximum absolute atomic E-state index is 12.1. The number of hydrogen-bond acceptors (Lipinski definition) is 3. The van der Waals surface area contributed by atoms with Crippen LogP contribution in [0.25, 0.3) is 0 Å². The van der Waals surface area contributed by atoms with E-state index in [1.807, 2.05) is 0 Å². The fraction of sp³-hybridized carbons (Fsp3) is 0.429. The van der Waals surface area contributed by atoms with Crippen LogP contribution < -0.4 is 0 Å². The standard InChI is InChI=1S/C14H13BrClNO4/c15-9-5-7(1-4-10(9)16)12-13(14(19)20)21-6-11(18)17(12)8-2-3-8/h1,4-5,8,12-13H,2-3,6H2,(H,19,20). The topological polar surface area (TPSA) is 66.8 Å². The SMILES string of the molecule is O=C(O)C1OCC(=O)N(C2CC2)C1c1ccc(Cl)c(Br)c1. The number of carbonyl (C=O) groups is 2. The van der Waals surface area contributed by atoms with Crippen LogP contribution in [0.5, 0.6) is 0 Å². The lowest BCUT2D eigenvalue weighted by Gasteiger charge is -2.39. The number of hydrogen-bond donors (Lipinski definition) is 1. The smallest absolute Gasteiger partial charge is 0.335 e. The van der Waals surface area contributed by atoms with Gasteiger partial charge in [0.15, 0.2) is 6.10 Å². The van der Waals surface area contributed by atoms with Crippen molar-refractivity contribution in [2.24, 2.45) is 0 Å². The van der Waals surface area contributed by atoms with Crippen LogP contribution in [0, 0.1) is 0 Å². The third kappa shape index (κ3) is 2.80. The van der Waals surface area contributed by atoms with Gasteiger partial charge < -0.3 is 14.7 Å². The molecule has 21 heavy (non-hydrogen) atoms. The van der Waals surface area contributed by atoms with E-state index in [-0.39, 0.29) is 18.6 Å². The van der Waals surface area contributed by atoms with Crippen molar-refractivity contribution in [1.29, 1.82) is 0 Å². The van der Waals surface area contributed by atoms with Gasteiger partial charge in [0.25, 0.3) is 0 Å². The average molecular weight is 375 g/mol. The molecule has 1 aromatic carbocycles. The molecule has 2 unspecified atom stereocenters. The Hall–Kier alpha value is -1.11. The molecule has 1 aromatic rings. The van der Waals surface area contributed by atoms with Crippen LogP contribution >= 0.6 is 27.5 Å². The first-order valence-electron chi connectivity index (χ1n) is 6.59. The Labute approximate surface area is 135 Å². The van der Waals surface area contributed by atoms with Crippen LogP contribution in [0.1, 0.15) is 24.4 Å². The zero-order chi connectivity index (χ0) is 15.1. The van der Waals surface area contributed by atoms with Crippen molar-refractivity contribution < 1.29 is 19.4 Å². The number of halogens is 2. The first-order chi connectivity index (χ1) is 9.99. The van der Waals surface area contributed by atoms with Crippen LogP contribution in [0.15, 0.2) is 22.7 Å². The molecule has 0 spiro atoms.